The van der Waals surface area contributed by atoms with Gasteiger partial charge in [-0.1, -0.05) is 0 Å². The largest absolute Gasteiger partial charge is 0.480 e. The number of aromatic nitrogens is 1. The van der Waals surface area contributed by atoms with Crippen molar-refractivity contribution in [3.63, 3.8) is 0 Å². The van der Waals surface area contributed by atoms with E-state index in [0.717, 1.165) is 6.20 Å². The number of ether oxygens (including phenoxy) is 2. The lowest BCUT2D eigenvalue weighted by Crippen LogP contribution is -2.27. The second-order valence-corrected chi connectivity index (χ2v) is 8.50. The number of rotatable bonds is 7. The number of carboxylic acid groups (broad SMARTS) is 1. The summed E-state index contributed by atoms with van der Waals surface area (Å²) in [4.78, 5) is 26.4. The first kappa shape index (κ1) is 22.0. The number of sulfonamides is 1. The maximum Gasteiger partial charge on any atom is 0.412 e. The monoisotopic (exact) mass is 423 g/mol. The zero-order valence-corrected chi connectivity index (χ0v) is 16.8. The van der Waals surface area contributed by atoms with Crippen molar-refractivity contribution >= 4 is 33.5 Å². The lowest BCUT2D eigenvalue weighted by Gasteiger charge is -2.20. The lowest BCUT2D eigenvalue weighted by atomic mass is 10.2. The van der Waals surface area contributed by atoms with Gasteiger partial charge in [-0.05, 0) is 51.1 Å². The predicted molar refractivity (Wildman–Crippen MR) is 104 cm³/mol. The maximum atomic E-state index is 12.6. The van der Waals surface area contributed by atoms with Gasteiger partial charge in [-0.2, -0.15) is 0 Å². The number of carbonyl (C=O) groups is 2. The van der Waals surface area contributed by atoms with Crippen molar-refractivity contribution in [1.82, 2.24) is 4.98 Å². The molecule has 1 aromatic carbocycles. The molecule has 0 fully saturated rings. The molecule has 0 aliphatic rings. The van der Waals surface area contributed by atoms with Gasteiger partial charge in [-0.3, -0.25) is 15.0 Å². The Morgan fingerprint density at radius 3 is 2.52 bits per heavy atom. The van der Waals surface area contributed by atoms with Crippen LogP contribution in [-0.4, -0.2) is 42.8 Å². The zero-order chi connectivity index (χ0) is 21.7. The van der Waals surface area contributed by atoms with Gasteiger partial charge in [-0.15, -0.1) is 0 Å². The van der Waals surface area contributed by atoms with E-state index in [1.54, 1.807) is 20.8 Å². The van der Waals surface area contributed by atoms with Crippen molar-refractivity contribution in [3.8, 4) is 5.75 Å². The molecule has 10 nitrogen and oxygen atoms in total. The number of carboxylic acids is 1. The molecule has 1 heterocycles. The Hall–Kier alpha value is -3.34. The molecular weight excluding hydrogens is 402 g/mol. The van der Waals surface area contributed by atoms with E-state index in [4.69, 9.17) is 14.6 Å². The van der Waals surface area contributed by atoms with Gasteiger partial charge < -0.3 is 14.6 Å². The van der Waals surface area contributed by atoms with E-state index >= 15 is 0 Å². The van der Waals surface area contributed by atoms with Crippen LogP contribution < -0.4 is 14.8 Å². The molecule has 0 bridgehead atoms. The Morgan fingerprint density at radius 2 is 1.93 bits per heavy atom. The van der Waals surface area contributed by atoms with Crippen LogP contribution in [0, 0.1) is 0 Å². The van der Waals surface area contributed by atoms with E-state index in [-0.39, 0.29) is 22.0 Å². The van der Waals surface area contributed by atoms with Crippen molar-refractivity contribution < 1.29 is 32.6 Å². The summed E-state index contributed by atoms with van der Waals surface area (Å²) in [6.07, 6.45) is 1.84. The van der Waals surface area contributed by atoms with Crippen LogP contribution in [0.3, 0.4) is 0 Å². The van der Waals surface area contributed by atoms with Crippen LogP contribution >= 0.6 is 0 Å². The third-order valence-corrected chi connectivity index (χ3v) is 4.52. The van der Waals surface area contributed by atoms with E-state index in [1.807, 2.05) is 0 Å². The molecule has 2 rings (SSSR count). The predicted octanol–water partition coefficient (Wildman–Crippen LogP) is 2.69. The number of amides is 1. The van der Waals surface area contributed by atoms with Crippen LogP contribution in [0.15, 0.2) is 47.6 Å². The third kappa shape index (κ3) is 6.96. The number of nitrogens with zero attached hydrogens (tertiary/aromatic N) is 1. The molecule has 156 valence electrons. The Bertz CT molecular complexity index is 986. The summed E-state index contributed by atoms with van der Waals surface area (Å²) in [6.45, 7) is 4.41. The summed E-state index contributed by atoms with van der Waals surface area (Å²) in [5.74, 6) is -1.27. The SMILES string of the molecule is CC(C)(C)OC(=O)Nc1ccc(OCC(=O)O)c(NS(=O)(=O)c2cccnc2)c1. The molecule has 0 atom stereocenters. The zero-order valence-electron chi connectivity index (χ0n) is 16.0. The van der Waals surface area contributed by atoms with Crippen molar-refractivity contribution in [2.45, 2.75) is 31.3 Å². The van der Waals surface area contributed by atoms with Crippen LogP contribution in [0.25, 0.3) is 0 Å². The smallest absolute Gasteiger partial charge is 0.412 e. The van der Waals surface area contributed by atoms with Crippen LogP contribution in [0.1, 0.15) is 20.8 Å². The molecule has 1 amide bonds. The molecule has 0 aliphatic heterocycles. The molecule has 11 heteroatoms. The standard InChI is InChI=1S/C18H21N3O7S/c1-18(2,3)28-17(24)20-12-6-7-15(27-11-16(22)23)14(9-12)21-29(25,26)13-5-4-8-19-10-13/h4-10,21H,11H2,1-3H3,(H,20,24)(H,22,23). The highest BCUT2D eigenvalue weighted by Gasteiger charge is 2.20. The fourth-order valence-electron chi connectivity index (χ4n) is 2.08. The first-order valence-corrected chi connectivity index (χ1v) is 9.86. The molecule has 0 saturated carbocycles. The number of hydrogen-bond donors (Lipinski definition) is 3. The Labute approximate surface area is 167 Å². The van der Waals surface area contributed by atoms with Gasteiger partial charge in [-0.25, -0.2) is 18.0 Å². The van der Waals surface area contributed by atoms with Gasteiger partial charge in [0.15, 0.2) is 6.61 Å². The van der Waals surface area contributed by atoms with Gasteiger partial charge in [0, 0.05) is 18.1 Å². The van der Waals surface area contributed by atoms with Crippen LogP contribution in [0.5, 0.6) is 5.75 Å². The molecule has 3 N–H and O–H groups in total. The molecule has 1 aromatic heterocycles. The molecule has 0 aliphatic carbocycles. The number of nitrogens with one attached hydrogen (secondary N) is 2. The Balaban J connectivity index is 2.32. The number of pyridine rings is 1. The average Bonchev–Trinajstić information content (AvgIpc) is 2.59. The minimum absolute atomic E-state index is 0.0328. The van der Waals surface area contributed by atoms with Gasteiger partial charge in [0.05, 0.1) is 5.69 Å². The average molecular weight is 423 g/mol. The number of hydrogen-bond acceptors (Lipinski definition) is 7. The van der Waals surface area contributed by atoms with Gasteiger partial charge in [0.25, 0.3) is 10.0 Å². The van der Waals surface area contributed by atoms with E-state index in [2.05, 4.69) is 15.0 Å². The summed E-state index contributed by atoms with van der Waals surface area (Å²) < 4.78 is 37.8. The van der Waals surface area contributed by atoms with E-state index in [1.165, 1.54) is 36.5 Å². The number of anilines is 2. The quantitative estimate of drug-likeness (QED) is 0.616. The van der Waals surface area contributed by atoms with E-state index in [9.17, 15) is 18.0 Å². The maximum absolute atomic E-state index is 12.6. The lowest BCUT2D eigenvalue weighted by molar-refractivity contribution is -0.139. The van der Waals surface area contributed by atoms with Gasteiger partial charge in [0.2, 0.25) is 0 Å². The van der Waals surface area contributed by atoms with E-state index < -0.39 is 34.3 Å². The number of carbonyl (C=O) groups excluding carboxylic acids is 1. The van der Waals surface area contributed by atoms with E-state index in [0.29, 0.717) is 0 Å². The summed E-state index contributed by atoms with van der Waals surface area (Å²) >= 11 is 0. The number of benzene rings is 1. The highest BCUT2D eigenvalue weighted by molar-refractivity contribution is 7.92. The molecule has 0 radical (unpaired) electrons. The second-order valence-electron chi connectivity index (χ2n) is 6.81. The summed E-state index contributed by atoms with van der Waals surface area (Å²) in [5.41, 5.74) is -0.575. The molecular formula is C18H21N3O7S. The summed E-state index contributed by atoms with van der Waals surface area (Å²) in [5, 5.41) is 11.3. The van der Waals surface area contributed by atoms with Crippen LogP contribution in [0.2, 0.25) is 0 Å². The van der Waals surface area contributed by atoms with Crippen LogP contribution in [0.4, 0.5) is 16.2 Å². The fourth-order valence-corrected chi connectivity index (χ4v) is 3.11. The van der Waals surface area contributed by atoms with Crippen molar-refractivity contribution in [1.29, 1.82) is 0 Å². The minimum Gasteiger partial charge on any atom is -0.480 e. The van der Waals surface area contributed by atoms with Crippen molar-refractivity contribution in [2.75, 3.05) is 16.6 Å². The first-order chi connectivity index (χ1) is 13.5. The summed E-state index contributed by atoms with van der Waals surface area (Å²) in [7, 11) is -4.03. The minimum atomic E-state index is -4.03. The number of aliphatic carboxylic acids is 1. The molecule has 0 saturated heterocycles. The topological polar surface area (TPSA) is 144 Å². The molecule has 0 spiro atoms. The van der Waals surface area contributed by atoms with Crippen LogP contribution in [-0.2, 0) is 19.6 Å². The highest BCUT2D eigenvalue weighted by Crippen LogP contribution is 2.30. The molecule has 29 heavy (non-hydrogen) atoms. The second kappa shape index (κ2) is 8.78. The normalized spacial score (nSPS) is 11.4. The summed E-state index contributed by atoms with van der Waals surface area (Å²) in [6, 6.07) is 6.83. The Kier molecular flexibility index (Phi) is 6.64. The third-order valence-electron chi connectivity index (χ3n) is 3.17. The van der Waals surface area contributed by atoms with Gasteiger partial charge in [0.1, 0.15) is 16.2 Å². The highest BCUT2D eigenvalue weighted by atomic mass is 32.2. The molecule has 2 aromatic rings. The van der Waals surface area contributed by atoms with Gasteiger partial charge >= 0.3 is 12.1 Å². The molecule has 0 unspecified atom stereocenters. The van der Waals surface area contributed by atoms with Crippen molar-refractivity contribution in [2.24, 2.45) is 0 Å². The fraction of sp³-hybridized carbons (Fsp3) is 0.278. The Morgan fingerprint density at radius 1 is 1.21 bits per heavy atom. The van der Waals surface area contributed by atoms with Crippen molar-refractivity contribution in [3.05, 3.63) is 42.7 Å². The first-order valence-electron chi connectivity index (χ1n) is 8.38.